The third-order valence-electron chi connectivity index (χ3n) is 2.96. The van der Waals surface area contributed by atoms with Crippen molar-refractivity contribution in [2.24, 2.45) is 5.73 Å². The molecule has 1 aromatic rings. The van der Waals surface area contributed by atoms with Gasteiger partial charge < -0.3 is 15.8 Å². The van der Waals surface area contributed by atoms with Gasteiger partial charge in [0.2, 0.25) is 5.91 Å². The summed E-state index contributed by atoms with van der Waals surface area (Å²) >= 11 is 1.68. The zero-order chi connectivity index (χ0) is 12.1. The topological polar surface area (TPSA) is 64.4 Å². The van der Waals surface area contributed by atoms with Crippen LogP contribution in [-0.4, -0.2) is 31.2 Å². The maximum absolute atomic E-state index is 11.8. The van der Waals surface area contributed by atoms with E-state index in [4.69, 9.17) is 10.5 Å². The molecular weight excluding hydrogens is 236 g/mol. The molecular formula is C12H18N2O2S. The standard InChI is InChI=1S/C12H18N2O2S/c13-7-10-1-2-11(16-10)12(15)14-5-3-9-4-6-17-8-9/h4,6,8,10-11H,1-3,5,7,13H2,(H,14,15)/t10-,11+/m1/s1. The molecule has 0 aliphatic carbocycles. The van der Waals surface area contributed by atoms with E-state index in [1.165, 1.54) is 5.56 Å². The van der Waals surface area contributed by atoms with Gasteiger partial charge in [0.25, 0.3) is 0 Å². The third-order valence-corrected chi connectivity index (χ3v) is 3.69. The smallest absolute Gasteiger partial charge is 0.249 e. The predicted octanol–water partition coefficient (Wildman–Crippen LogP) is 0.913. The van der Waals surface area contributed by atoms with Crippen molar-refractivity contribution in [2.45, 2.75) is 31.5 Å². The van der Waals surface area contributed by atoms with E-state index in [1.54, 1.807) is 11.3 Å². The van der Waals surface area contributed by atoms with Crippen molar-refractivity contribution in [3.63, 3.8) is 0 Å². The molecule has 0 spiro atoms. The van der Waals surface area contributed by atoms with Gasteiger partial charge >= 0.3 is 0 Å². The Morgan fingerprint density at radius 3 is 3.12 bits per heavy atom. The Hall–Kier alpha value is -0.910. The molecule has 0 saturated carbocycles. The third kappa shape index (κ3) is 3.52. The quantitative estimate of drug-likeness (QED) is 0.821. The summed E-state index contributed by atoms with van der Waals surface area (Å²) in [6.07, 6.45) is 2.31. The summed E-state index contributed by atoms with van der Waals surface area (Å²) in [4.78, 5) is 11.8. The highest BCUT2D eigenvalue weighted by Crippen LogP contribution is 2.18. The summed E-state index contributed by atoms with van der Waals surface area (Å²) in [5, 5.41) is 7.05. The van der Waals surface area contributed by atoms with Crippen LogP contribution in [0.15, 0.2) is 16.8 Å². The summed E-state index contributed by atoms with van der Waals surface area (Å²) < 4.78 is 5.53. The second kappa shape index (κ2) is 6.14. The van der Waals surface area contributed by atoms with E-state index in [1.807, 2.05) is 5.38 Å². The van der Waals surface area contributed by atoms with Crippen molar-refractivity contribution in [3.8, 4) is 0 Å². The summed E-state index contributed by atoms with van der Waals surface area (Å²) in [6, 6.07) is 2.08. The van der Waals surface area contributed by atoms with Gasteiger partial charge in [0, 0.05) is 13.1 Å². The highest BCUT2D eigenvalue weighted by molar-refractivity contribution is 7.07. The Bertz CT molecular complexity index is 353. The van der Waals surface area contributed by atoms with E-state index >= 15 is 0 Å². The van der Waals surface area contributed by atoms with Crippen LogP contribution in [0.5, 0.6) is 0 Å². The van der Waals surface area contributed by atoms with Crippen molar-refractivity contribution in [1.82, 2.24) is 5.32 Å². The molecule has 1 saturated heterocycles. The van der Waals surface area contributed by atoms with Gasteiger partial charge in [-0.05, 0) is 41.7 Å². The lowest BCUT2D eigenvalue weighted by Gasteiger charge is -2.12. The number of rotatable bonds is 5. The van der Waals surface area contributed by atoms with Gasteiger partial charge in [0.1, 0.15) is 6.10 Å². The molecule has 0 aromatic carbocycles. The van der Waals surface area contributed by atoms with Crippen molar-refractivity contribution in [3.05, 3.63) is 22.4 Å². The first-order valence-corrected chi connectivity index (χ1v) is 6.88. The van der Waals surface area contributed by atoms with E-state index in [9.17, 15) is 4.79 Å². The van der Waals surface area contributed by atoms with E-state index < -0.39 is 0 Å². The maximum Gasteiger partial charge on any atom is 0.249 e. The second-order valence-electron chi connectivity index (χ2n) is 4.23. The molecule has 2 heterocycles. The van der Waals surface area contributed by atoms with Crippen LogP contribution in [0.2, 0.25) is 0 Å². The molecule has 2 atom stereocenters. The fourth-order valence-corrected chi connectivity index (χ4v) is 2.65. The highest BCUT2D eigenvalue weighted by Gasteiger charge is 2.29. The summed E-state index contributed by atoms with van der Waals surface area (Å²) in [6.45, 7) is 1.17. The minimum atomic E-state index is -0.300. The Balaban J connectivity index is 1.67. The maximum atomic E-state index is 11.8. The largest absolute Gasteiger partial charge is 0.364 e. The molecule has 4 nitrogen and oxygen atoms in total. The Labute approximate surface area is 105 Å². The highest BCUT2D eigenvalue weighted by atomic mass is 32.1. The number of carbonyl (C=O) groups is 1. The van der Waals surface area contributed by atoms with Crippen molar-refractivity contribution >= 4 is 17.2 Å². The monoisotopic (exact) mass is 254 g/mol. The molecule has 1 aliphatic rings. The van der Waals surface area contributed by atoms with Crippen LogP contribution in [0.1, 0.15) is 18.4 Å². The fourth-order valence-electron chi connectivity index (χ4n) is 1.95. The Morgan fingerprint density at radius 1 is 1.59 bits per heavy atom. The minimum absolute atomic E-state index is 0.00354. The first kappa shape index (κ1) is 12.5. The molecule has 1 aromatic heterocycles. The Morgan fingerprint density at radius 2 is 2.47 bits per heavy atom. The van der Waals surface area contributed by atoms with Gasteiger partial charge in [-0.3, -0.25) is 4.79 Å². The molecule has 17 heavy (non-hydrogen) atoms. The molecule has 0 unspecified atom stereocenters. The summed E-state index contributed by atoms with van der Waals surface area (Å²) in [5.41, 5.74) is 6.77. The van der Waals surface area contributed by atoms with Crippen LogP contribution >= 0.6 is 11.3 Å². The summed E-state index contributed by atoms with van der Waals surface area (Å²) in [7, 11) is 0. The average Bonchev–Trinajstić information content (AvgIpc) is 2.99. The van der Waals surface area contributed by atoms with Crippen LogP contribution in [0.3, 0.4) is 0 Å². The SMILES string of the molecule is NC[C@H]1CC[C@@H](C(=O)NCCc2ccsc2)O1. The second-order valence-corrected chi connectivity index (χ2v) is 5.01. The van der Waals surface area contributed by atoms with Gasteiger partial charge in [-0.2, -0.15) is 11.3 Å². The number of thiophene rings is 1. The van der Waals surface area contributed by atoms with Crippen LogP contribution in [0.4, 0.5) is 0 Å². The normalized spacial score (nSPS) is 23.8. The molecule has 1 fully saturated rings. The fraction of sp³-hybridized carbons (Fsp3) is 0.583. The van der Waals surface area contributed by atoms with Crippen molar-refractivity contribution in [1.29, 1.82) is 0 Å². The number of carbonyl (C=O) groups excluding carboxylic acids is 1. The van der Waals surface area contributed by atoms with Crippen LogP contribution < -0.4 is 11.1 Å². The van der Waals surface area contributed by atoms with Crippen LogP contribution in [0, 0.1) is 0 Å². The lowest BCUT2D eigenvalue weighted by atomic mass is 10.2. The van der Waals surface area contributed by atoms with Gasteiger partial charge in [0.05, 0.1) is 6.10 Å². The predicted molar refractivity (Wildman–Crippen MR) is 68.0 cm³/mol. The number of nitrogens with two attached hydrogens (primary N) is 1. The van der Waals surface area contributed by atoms with E-state index in [-0.39, 0.29) is 18.1 Å². The molecule has 0 bridgehead atoms. The summed E-state index contributed by atoms with van der Waals surface area (Å²) in [5.74, 6) is -0.00354. The zero-order valence-corrected chi connectivity index (χ0v) is 10.5. The lowest BCUT2D eigenvalue weighted by molar-refractivity contribution is -0.131. The number of ether oxygens (including phenoxy) is 1. The van der Waals surface area contributed by atoms with E-state index in [0.717, 1.165) is 19.3 Å². The molecule has 0 radical (unpaired) electrons. The van der Waals surface area contributed by atoms with Gasteiger partial charge in [-0.15, -0.1) is 0 Å². The zero-order valence-electron chi connectivity index (χ0n) is 9.72. The molecule has 2 rings (SSSR count). The van der Waals surface area contributed by atoms with Crippen LogP contribution in [0.25, 0.3) is 0 Å². The lowest BCUT2D eigenvalue weighted by Crippen LogP contribution is -2.36. The van der Waals surface area contributed by atoms with Crippen molar-refractivity contribution in [2.75, 3.05) is 13.1 Å². The Kier molecular flexibility index (Phi) is 4.53. The van der Waals surface area contributed by atoms with E-state index in [0.29, 0.717) is 13.1 Å². The van der Waals surface area contributed by atoms with Gasteiger partial charge in [-0.25, -0.2) is 0 Å². The first-order chi connectivity index (χ1) is 8.29. The number of hydrogen-bond acceptors (Lipinski definition) is 4. The number of hydrogen-bond donors (Lipinski definition) is 2. The van der Waals surface area contributed by atoms with E-state index in [2.05, 4.69) is 16.8 Å². The average molecular weight is 254 g/mol. The minimum Gasteiger partial charge on any atom is -0.364 e. The molecule has 94 valence electrons. The molecule has 1 aliphatic heterocycles. The molecule has 5 heteroatoms. The number of nitrogens with one attached hydrogen (secondary N) is 1. The molecule has 3 N–H and O–H groups in total. The number of amides is 1. The van der Waals surface area contributed by atoms with Gasteiger partial charge in [-0.1, -0.05) is 0 Å². The molecule has 1 amide bonds. The first-order valence-electron chi connectivity index (χ1n) is 5.94. The van der Waals surface area contributed by atoms with Gasteiger partial charge in [0.15, 0.2) is 0 Å². The van der Waals surface area contributed by atoms with Crippen LogP contribution in [-0.2, 0) is 16.0 Å². The van der Waals surface area contributed by atoms with Crippen molar-refractivity contribution < 1.29 is 9.53 Å².